The molecule has 0 heteroatoms. The first kappa shape index (κ1) is 10.5. The van der Waals surface area contributed by atoms with Crippen LogP contribution in [0.4, 0.5) is 0 Å². The molecular weight excluding hydrogens is 180 g/mol. The maximum absolute atomic E-state index is 2.40. The van der Waals surface area contributed by atoms with E-state index in [1.165, 1.54) is 22.3 Å². The summed E-state index contributed by atoms with van der Waals surface area (Å²) < 4.78 is 0. The number of allylic oxidation sites excluding steroid dienone is 1. The Morgan fingerprint density at radius 1 is 1.20 bits per heavy atom. The standard InChI is InChI=1S/C15H20/c1-5-11-9-12-7-6-8-13(12)10-14(11)15(2,3)4/h6,8-10H,5,7H2,1-4H3. The highest BCUT2D eigenvalue weighted by molar-refractivity contribution is 5.62. The average Bonchev–Trinajstić information content (AvgIpc) is 2.60. The molecule has 0 aliphatic heterocycles. The molecule has 0 saturated heterocycles. The van der Waals surface area contributed by atoms with Gasteiger partial charge in [0, 0.05) is 0 Å². The van der Waals surface area contributed by atoms with Crippen LogP contribution in [0.1, 0.15) is 49.9 Å². The lowest BCUT2D eigenvalue weighted by Crippen LogP contribution is -2.14. The second-order valence-corrected chi connectivity index (χ2v) is 5.42. The van der Waals surface area contributed by atoms with Crippen molar-refractivity contribution in [3.05, 3.63) is 40.5 Å². The lowest BCUT2D eigenvalue weighted by Gasteiger charge is -2.24. The maximum atomic E-state index is 2.40. The van der Waals surface area contributed by atoms with Crippen molar-refractivity contribution >= 4 is 6.08 Å². The molecule has 0 fully saturated rings. The van der Waals surface area contributed by atoms with Gasteiger partial charge in [0.25, 0.3) is 0 Å². The van der Waals surface area contributed by atoms with Gasteiger partial charge in [0.1, 0.15) is 0 Å². The minimum Gasteiger partial charge on any atom is -0.0795 e. The zero-order valence-electron chi connectivity index (χ0n) is 10.2. The third kappa shape index (κ3) is 1.86. The normalized spacial score (nSPS) is 14.4. The molecule has 1 aliphatic rings. The molecule has 0 radical (unpaired) electrons. The third-order valence-electron chi connectivity index (χ3n) is 3.19. The van der Waals surface area contributed by atoms with Crippen molar-refractivity contribution in [2.24, 2.45) is 0 Å². The first-order valence-corrected chi connectivity index (χ1v) is 5.85. The van der Waals surface area contributed by atoms with E-state index >= 15 is 0 Å². The molecule has 1 aliphatic carbocycles. The molecule has 15 heavy (non-hydrogen) atoms. The fourth-order valence-corrected chi connectivity index (χ4v) is 2.35. The first-order valence-electron chi connectivity index (χ1n) is 5.85. The van der Waals surface area contributed by atoms with Gasteiger partial charge in [0.2, 0.25) is 0 Å². The summed E-state index contributed by atoms with van der Waals surface area (Å²) >= 11 is 0. The molecule has 0 N–H and O–H groups in total. The van der Waals surface area contributed by atoms with Crippen LogP contribution in [0.25, 0.3) is 6.08 Å². The van der Waals surface area contributed by atoms with Crippen molar-refractivity contribution in [3.8, 4) is 0 Å². The largest absolute Gasteiger partial charge is 0.0795 e. The Balaban J connectivity index is 2.58. The molecule has 1 aromatic carbocycles. The van der Waals surface area contributed by atoms with E-state index in [9.17, 15) is 0 Å². The first-order chi connectivity index (χ1) is 7.02. The predicted molar refractivity (Wildman–Crippen MR) is 67.3 cm³/mol. The molecule has 0 saturated carbocycles. The second kappa shape index (κ2) is 3.52. The van der Waals surface area contributed by atoms with Gasteiger partial charge in [-0.1, -0.05) is 52.0 Å². The van der Waals surface area contributed by atoms with Gasteiger partial charge in [0.15, 0.2) is 0 Å². The van der Waals surface area contributed by atoms with E-state index in [-0.39, 0.29) is 5.41 Å². The van der Waals surface area contributed by atoms with Crippen molar-refractivity contribution in [1.29, 1.82) is 0 Å². The Morgan fingerprint density at radius 3 is 2.53 bits per heavy atom. The van der Waals surface area contributed by atoms with Crippen LogP contribution in [0.15, 0.2) is 18.2 Å². The van der Waals surface area contributed by atoms with Gasteiger partial charge < -0.3 is 0 Å². The summed E-state index contributed by atoms with van der Waals surface area (Å²) in [6.07, 6.45) is 6.77. The Hall–Kier alpha value is -1.04. The fraction of sp³-hybridized carbons (Fsp3) is 0.467. The number of hydrogen-bond donors (Lipinski definition) is 0. The molecule has 0 nitrogen and oxygen atoms in total. The highest BCUT2D eigenvalue weighted by atomic mass is 14.2. The molecule has 0 spiro atoms. The average molecular weight is 200 g/mol. The molecule has 0 aromatic heterocycles. The second-order valence-electron chi connectivity index (χ2n) is 5.42. The summed E-state index contributed by atoms with van der Waals surface area (Å²) in [5.74, 6) is 0. The monoisotopic (exact) mass is 200 g/mol. The SMILES string of the molecule is CCc1cc2c(cc1C(C)(C)C)C=CC2. The van der Waals surface area contributed by atoms with Gasteiger partial charge in [-0.3, -0.25) is 0 Å². The van der Waals surface area contributed by atoms with Crippen molar-refractivity contribution in [1.82, 2.24) is 0 Å². The van der Waals surface area contributed by atoms with Gasteiger partial charge in [-0.05, 0) is 40.5 Å². The van der Waals surface area contributed by atoms with Crippen LogP contribution in [0.5, 0.6) is 0 Å². The van der Waals surface area contributed by atoms with Crippen LogP contribution in [-0.4, -0.2) is 0 Å². The summed E-state index contributed by atoms with van der Waals surface area (Å²) in [6, 6.07) is 4.79. The summed E-state index contributed by atoms with van der Waals surface area (Å²) in [5, 5.41) is 0. The number of aryl methyl sites for hydroxylation is 1. The summed E-state index contributed by atoms with van der Waals surface area (Å²) in [4.78, 5) is 0. The van der Waals surface area contributed by atoms with E-state index in [0.717, 1.165) is 12.8 Å². The quantitative estimate of drug-likeness (QED) is 0.640. The van der Waals surface area contributed by atoms with E-state index in [4.69, 9.17) is 0 Å². The molecule has 1 aromatic rings. The van der Waals surface area contributed by atoms with Gasteiger partial charge >= 0.3 is 0 Å². The molecule has 0 bridgehead atoms. The molecule has 2 rings (SSSR count). The van der Waals surface area contributed by atoms with E-state index in [1.54, 1.807) is 0 Å². The van der Waals surface area contributed by atoms with Crippen molar-refractivity contribution in [2.45, 2.75) is 46.0 Å². The van der Waals surface area contributed by atoms with E-state index in [2.05, 4.69) is 52.0 Å². The minimum atomic E-state index is 0.261. The fourth-order valence-electron chi connectivity index (χ4n) is 2.35. The number of fused-ring (bicyclic) bond motifs is 1. The molecule has 0 amide bonds. The van der Waals surface area contributed by atoms with Gasteiger partial charge in [-0.15, -0.1) is 0 Å². The third-order valence-corrected chi connectivity index (χ3v) is 3.19. The van der Waals surface area contributed by atoms with Crippen molar-refractivity contribution in [3.63, 3.8) is 0 Å². The Kier molecular flexibility index (Phi) is 2.46. The molecular formula is C15H20. The topological polar surface area (TPSA) is 0 Å². The highest BCUT2D eigenvalue weighted by Gasteiger charge is 2.19. The van der Waals surface area contributed by atoms with Crippen LogP contribution < -0.4 is 0 Å². The van der Waals surface area contributed by atoms with E-state index < -0.39 is 0 Å². The number of benzene rings is 1. The van der Waals surface area contributed by atoms with Gasteiger partial charge in [-0.2, -0.15) is 0 Å². The highest BCUT2D eigenvalue weighted by Crippen LogP contribution is 2.31. The van der Waals surface area contributed by atoms with Gasteiger partial charge in [0.05, 0.1) is 0 Å². The van der Waals surface area contributed by atoms with Crippen LogP contribution in [0, 0.1) is 0 Å². The van der Waals surface area contributed by atoms with E-state index in [0.29, 0.717) is 0 Å². The van der Waals surface area contributed by atoms with Crippen LogP contribution in [0.2, 0.25) is 0 Å². The van der Waals surface area contributed by atoms with Crippen LogP contribution in [-0.2, 0) is 18.3 Å². The zero-order chi connectivity index (χ0) is 11.1. The summed E-state index contributed by atoms with van der Waals surface area (Å²) in [5.41, 5.74) is 6.22. The predicted octanol–water partition coefficient (Wildman–Crippen LogP) is 4.12. The van der Waals surface area contributed by atoms with Crippen molar-refractivity contribution in [2.75, 3.05) is 0 Å². The number of rotatable bonds is 1. The minimum absolute atomic E-state index is 0.261. The lowest BCUT2D eigenvalue weighted by molar-refractivity contribution is 0.583. The van der Waals surface area contributed by atoms with Crippen LogP contribution in [0.3, 0.4) is 0 Å². The van der Waals surface area contributed by atoms with Crippen LogP contribution >= 0.6 is 0 Å². The Labute approximate surface area is 93.0 Å². The van der Waals surface area contributed by atoms with Crippen molar-refractivity contribution < 1.29 is 0 Å². The molecule has 0 unspecified atom stereocenters. The number of hydrogen-bond acceptors (Lipinski definition) is 0. The van der Waals surface area contributed by atoms with Gasteiger partial charge in [-0.25, -0.2) is 0 Å². The van der Waals surface area contributed by atoms with E-state index in [1.807, 2.05) is 0 Å². The zero-order valence-corrected chi connectivity index (χ0v) is 10.2. The summed E-state index contributed by atoms with van der Waals surface area (Å²) in [6.45, 7) is 9.14. The Morgan fingerprint density at radius 2 is 1.93 bits per heavy atom. The maximum Gasteiger partial charge on any atom is -0.00881 e. The smallest absolute Gasteiger partial charge is 0.00881 e. The lowest BCUT2D eigenvalue weighted by atomic mass is 9.81. The Bertz CT molecular complexity index is 403. The molecule has 80 valence electrons. The molecule has 0 heterocycles. The molecule has 0 atom stereocenters. The summed E-state index contributed by atoms with van der Waals surface area (Å²) in [7, 11) is 0.